The molecule has 1 aliphatic carbocycles. The first-order chi connectivity index (χ1) is 16.8. The minimum Gasteiger partial charge on any atom is -0.446 e. The van der Waals surface area contributed by atoms with Gasteiger partial charge in [-0.2, -0.15) is 0 Å². The van der Waals surface area contributed by atoms with E-state index >= 15 is 0 Å². The second kappa shape index (κ2) is 9.24. The van der Waals surface area contributed by atoms with E-state index in [9.17, 15) is 9.59 Å². The van der Waals surface area contributed by atoms with Crippen LogP contribution in [-0.2, 0) is 22.6 Å². The monoisotopic (exact) mass is 475 g/mol. The maximum absolute atomic E-state index is 13.1. The zero-order chi connectivity index (χ0) is 24.7. The van der Waals surface area contributed by atoms with Crippen molar-refractivity contribution < 1.29 is 14.3 Å². The smallest absolute Gasteiger partial charge is 0.414 e. The Balaban J connectivity index is 1.48. The summed E-state index contributed by atoms with van der Waals surface area (Å²) in [6.07, 6.45) is 9.01. The molecule has 184 valence electrons. The summed E-state index contributed by atoms with van der Waals surface area (Å²) < 4.78 is 9.84. The molecule has 2 aliphatic rings. The molecule has 5 rings (SSSR count). The minimum atomic E-state index is -0.377. The van der Waals surface area contributed by atoms with E-state index in [1.807, 2.05) is 56.4 Å². The summed E-state index contributed by atoms with van der Waals surface area (Å²) in [5, 5.41) is 0. The van der Waals surface area contributed by atoms with Crippen LogP contribution in [0.5, 0.6) is 0 Å². The molecule has 3 aromatic rings. The number of aryl methyl sites for hydroxylation is 3. The number of fused-ring (bicyclic) bond motifs is 1. The van der Waals surface area contributed by atoms with Gasteiger partial charge >= 0.3 is 6.09 Å². The van der Waals surface area contributed by atoms with Crippen LogP contribution in [-0.4, -0.2) is 44.8 Å². The number of hydrogen-bond donors (Lipinski definition) is 0. The SMILES string of the molecule is Cc1cc(-c2ccc3c(c2)N(C(=O)OC(C)C)CC(C)N3C(=O)C2CC2)cn1CCn1ccnc1. The molecule has 1 unspecified atom stereocenters. The van der Waals surface area contributed by atoms with Gasteiger partial charge in [0.25, 0.3) is 0 Å². The first-order valence-electron chi connectivity index (χ1n) is 12.4. The fourth-order valence-electron chi connectivity index (χ4n) is 4.76. The summed E-state index contributed by atoms with van der Waals surface area (Å²) in [6, 6.07) is 8.09. The number of carbonyl (C=O) groups excluding carboxylic acids is 2. The molecule has 0 bridgehead atoms. The molecule has 3 heterocycles. The zero-order valence-electron chi connectivity index (χ0n) is 20.8. The lowest BCUT2D eigenvalue weighted by molar-refractivity contribution is -0.120. The molecule has 0 spiro atoms. The molecule has 35 heavy (non-hydrogen) atoms. The van der Waals surface area contributed by atoms with Crippen molar-refractivity contribution in [2.24, 2.45) is 5.92 Å². The van der Waals surface area contributed by atoms with Crippen molar-refractivity contribution in [2.75, 3.05) is 16.3 Å². The Kier molecular flexibility index (Phi) is 6.13. The van der Waals surface area contributed by atoms with Gasteiger partial charge < -0.3 is 18.8 Å². The Morgan fingerprint density at radius 3 is 2.60 bits per heavy atom. The largest absolute Gasteiger partial charge is 0.446 e. The number of aromatic nitrogens is 3. The van der Waals surface area contributed by atoms with Gasteiger partial charge in [0.05, 0.1) is 29.8 Å². The van der Waals surface area contributed by atoms with Crippen molar-refractivity contribution in [3.05, 3.63) is 54.9 Å². The van der Waals surface area contributed by atoms with E-state index in [-0.39, 0.29) is 30.1 Å². The Morgan fingerprint density at radius 2 is 1.91 bits per heavy atom. The highest BCUT2D eigenvalue weighted by molar-refractivity contribution is 6.05. The molecule has 0 saturated heterocycles. The van der Waals surface area contributed by atoms with E-state index in [0.29, 0.717) is 6.54 Å². The molecule has 2 amide bonds. The van der Waals surface area contributed by atoms with Crippen LogP contribution in [0.25, 0.3) is 11.1 Å². The van der Waals surface area contributed by atoms with Gasteiger partial charge in [-0.1, -0.05) is 6.07 Å². The molecule has 8 heteroatoms. The van der Waals surface area contributed by atoms with Gasteiger partial charge in [0.15, 0.2) is 0 Å². The van der Waals surface area contributed by atoms with Crippen LogP contribution in [0.4, 0.5) is 16.2 Å². The molecule has 1 aromatic carbocycles. The normalized spacial score (nSPS) is 17.6. The number of anilines is 2. The zero-order valence-corrected chi connectivity index (χ0v) is 20.8. The van der Waals surface area contributed by atoms with Crippen LogP contribution in [0.3, 0.4) is 0 Å². The highest BCUT2D eigenvalue weighted by atomic mass is 16.6. The third-order valence-electron chi connectivity index (χ3n) is 6.74. The molecule has 1 aliphatic heterocycles. The third-order valence-corrected chi connectivity index (χ3v) is 6.74. The van der Waals surface area contributed by atoms with Crippen LogP contribution in [0.2, 0.25) is 0 Å². The maximum atomic E-state index is 13.1. The highest BCUT2D eigenvalue weighted by Gasteiger charge is 2.41. The summed E-state index contributed by atoms with van der Waals surface area (Å²) in [5.74, 6) is 0.260. The fraction of sp³-hybridized carbons (Fsp3) is 0.444. The molecule has 1 saturated carbocycles. The van der Waals surface area contributed by atoms with Gasteiger partial charge in [-0.25, -0.2) is 9.78 Å². The number of imidazole rings is 1. The number of nitrogens with zero attached hydrogens (tertiary/aromatic N) is 5. The van der Waals surface area contributed by atoms with Gasteiger partial charge in [-0.3, -0.25) is 9.69 Å². The topological polar surface area (TPSA) is 72.6 Å². The van der Waals surface area contributed by atoms with Crippen molar-refractivity contribution in [3.8, 4) is 11.1 Å². The predicted octanol–water partition coefficient (Wildman–Crippen LogP) is 4.86. The van der Waals surface area contributed by atoms with E-state index in [0.717, 1.165) is 54.1 Å². The number of ether oxygens (including phenoxy) is 1. The van der Waals surface area contributed by atoms with Gasteiger partial charge in [0, 0.05) is 49.8 Å². The van der Waals surface area contributed by atoms with E-state index < -0.39 is 0 Å². The first-order valence-corrected chi connectivity index (χ1v) is 12.4. The Hall–Kier alpha value is -3.55. The van der Waals surface area contributed by atoms with Crippen LogP contribution in [0, 0.1) is 12.8 Å². The number of carbonyl (C=O) groups is 2. The second-order valence-corrected chi connectivity index (χ2v) is 9.94. The minimum absolute atomic E-state index is 0.103. The van der Waals surface area contributed by atoms with E-state index in [1.54, 1.807) is 11.1 Å². The second-order valence-electron chi connectivity index (χ2n) is 9.94. The molecular weight excluding hydrogens is 442 g/mol. The molecule has 1 atom stereocenters. The van der Waals surface area contributed by atoms with Crippen LogP contribution >= 0.6 is 0 Å². The van der Waals surface area contributed by atoms with Crippen molar-refractivity contribution in [3.63, 3.8) is 0 Å². The van der Waals surface area contributed by atoms with Crippen molar-refractivity contribution >= 4 is 23.4 Å². The van der Waals surface area contributed by atoms with Crippen LogP contribution < -0.4 is 9.80 Å². The lowest BCUT2D eigenvalue weighted by Crippen LogP contribution is -2.52. The van der Waals surface area contributed by atoms with Crippen molar-refractivity contribution in [2.45, 2.75) is 65.8 Å². The van der Waals surface area contributed by atoms with E-state index in [1.165, 1.54) is 0 Å². The lowest BCUT2D eigenvalue weighted by atomic mass is 10.0. The maximum Gasteiger partial charge on any atom is 0.414 e. The van der Waals surface area contributed by atoms with Crippen LogP contribution in [0.1, 0.15) is 39.3 Å². The predicted molar refractivity (Wildman–Crippen MR) is 135 cm³/mol. The van der Waals surface area contributed by atoms with Gasteiger partial charge in [0.2, 0.25) is 5.91 Å². The standard InChI is InChI=1S/C27H33N5O3/c1-18(2)35-27(34)31-15-20(4)32(26(33)21-5-6-21)24-8-7-22(14-25(24)31)23-13-19(3)30(16-23)12-11-29-10-9-28-17-29/h7-10,13-14,16-18,20-21H,5-6,11-12,15H2,1-4H3. The Morgan fingerprint density at radius 1 is 1.11 bits per heavy atom. The molecule has 0 radical (unpaired) electrons. The van der Waals surface area contributed by atoms with Gasteiger partial charge in [-0.05, 0) is 69.9 Å². The number of rotatable bonds is 6. The summed E-state index contributed by atoms with van der Waals surface area (Å²) in [5.41, 5.74) is 4.74. The average molecular weight is 476 g/mol. The molecule has 1 fully saturated rings. The van der Waals surface area contributed by atoms with E-state index in [4.69, 9.17) is 4.74 Å². The first kappa shape index (κ1) is 23.2. The lowest BCUT2D eigenvalue weighted by Gasteiger charge is -2.41. The fourth-order valence-corrected chi connectivity index (χ4v) is 4.76. The Bertz CT molecular complexity index is 1230. The average Bonchev–Trinajstić information content (AvgIpc) is 3.41. The number of amides is 2. The number of benzene rings is 1. The van der Waals surface area contributed by atoms with Gasteiger partial charge in [0.1, 0.15) is 0 Å². The quantitative estimate of drug-likeness (QED) is 0.511. The third kappa shape index (κ3) is 4.70. The summed E-state index contributed by atoms with van der Waals surface area (Å²) in [6.45, 7) is 9.87. The Labute approximate surface area is 206 Å². The van der Waals surface area contributed by atoms with Crippen molar-refractivity contribution in [1.82, 2.24) is 14.1 Å². The van der Waals surface area contributed by atoms with Crippen molar-refractivity contribution in [1.29, 1.82) is 0 Å². The van der Waals surface area contributed by atoms with Gasteiger partial charge in [-0.15, -0.1) is 0 Å². The highest BCUT2D eigenvalue weighted by Crippen LogP contribution is 2.42. The summed E-state index contributed by atoms with van der Waals surface area (Å²) in [4.78, 5) is 33.9. The molecular formula is C27H33N5O3. The van der Waals surface area contributed by atoms with Crippen LogP contribution in [0.15, 0.2) is 49.2 Å². The summed E-state index contributed by atoms with van der Waals surface area (Å²) in [7, 11) is 0. The van der Waals surface area contributed by atoms with E-state index in [2.05, 4.69) is 33.3 Å². The molecule has 0 N–H and O–H groups in total. The molecule has 2 aromatic heterocycles. The summed E-state index contributed by atoms with van der Waals surface area (Å²) >= 11 is 0. The number of hydrogen-bond acceptors (Lipinski definition) is 4. The molecule has 8 nitrogen and oxygen atoms in total.